The van der Waals surface area contributed by atoms with Crippen LogP contribution in [0.2, 0.25) is 0 Å². The van der Waals surface area contributed by atoms with E-state index < -0.39 is 17.9 Å². The molecule has 0 fully saturated rings. The number of benzene rings is 1. The second kappa shape index (κ2) is 8.45. The third-order valence-corrected chi connectivity index (χ3v) is 3.38. The highest BCUT2D eigenvalue weighted by Crippen LogP contribution is 2.25. The Hall–Kier alpha value is -1.84. The maximum atomic E-state index is 12.0. The van der Waals surface area contributed by atoms with E-state index in [1.54, 1.807) is 13.8 Å². The summed E-state index contributed by atoms with van der Waals surface area (Å²) in [5.74, 6) is -1.80. The fraction of sp³-hybridized carbons (Fsp3) is 0.529. The van der Waals surface area contributed by atoms with Crippen LogP contribution in [0.3, 0.4) is 0 Å². The van der Waals surface area contributed by atoms with E-state index in [0.29, 0.717) is 6.42 Å². The molecular weight excluding hydrogens is 268 g/mol. The molecule has 1 aromatic carbocycles. The summed E-state index contributed by atoms with van der Waals surface area (Å²) < 4.78 is 9.98. The molecule has 0 aromatic heterocycles. The second-order valence-electron chi connectivity index (χ2n) is 5.10. The lowest BCUT2D eigenvalue weighted by molar-refractivity contribution is -0.162. The van der Waals surface area contributed by atoms with Crippen molar-refractivity contribution in [3.8, 4) is 0 Å². The maximum Gasteiger partial charge on any atom is 0.320 e. The molecule has 0 radical (unpaired) electrons. The van der Waals surface area contributed by atoms with Gasteiger partial charge in [0.2, 0.25) is 0 Å². The highest BCUT2D eigenvalue weighted by molar-refractivity contribution is 5.95. The van der Waals surface area contributed by atoms with Gasteiger partial charge in [-0.25, -0.2) is 0 Å². The van der Waals surface area contributed by atoms with Gasteiger partial charge in [0, 0.05) is 0 Å². The van der Waals surface area contributed by atoms with Crippen molar-refractivity contribution in [2.24, 2.45) is 5.92 Å². The van der Waals surface area contributed by atoms with Crippen LogP contribution in [0.25, 0.3) is 0 Å². The Bertz CT molecular complexity index is 446. The fourth-order valence-electron chi connectivity index (χ4n) is 2.16. The smallest absolute Gasteiger partial charge is 0.320 e. The van der Waals surface area contributed by atoms with Gasteiger partial charge >= 0.3 is 11.9 Å². The van der Waals surface area contributed by atoms with E-state index >= 15 is 0 Å². The van der Waals surface area contributed by atoms with Crippen molar-refractivity contribution in [3.63, 3.8) is 0 Å². The molecule has 116 valence electrons. The Balaban J connectivity index is 2.81. The molecule has 21 heavy (non-hydrogen) atoms. The van der Waals surface area contributed by atoms with Gasteiger partial charge in [-0.1, -0.05) is 36.8 Å². The first-order chi connectivity index (χ1) is 9.99. The van der Waals surface area contributed by atoms with E-state index in [-0.39, 0.29) is 19.1 Å². The summed E-state index contributed by atoms with van der Waals surface area (Å²) in [4.78, 5) is 23.9. The number of esters is 2. The van der Waals surface area contributed by atoms with E-state index in [1.165, 1.54) is 5.56 Å². The minimum Gasteiger partial charge on any atom is -0.465 e. The first kappa shape index (κ1) is 17.2. The summed E-state index contributed by atoms with van der Waals surface area (Å²) in [5.41, 5.74) is 2.28. The lowest BCUT2D eigenvalue weighted by Crippen LogP contribution is -2.29. The second-order valence-corrected chi connectivity index (χ2v) is 5.10. The van der Waals surface area contributed by atoms with Crippen molar-refractivity contribution in [2.75, 3.05) is 13.2 Å². The molecule has 4 nitrogen and oxygen atoms in total. The zero-order valence-corrected chi connectivity index (χ0v) is 13.2. The zero-order chi connectivity index (χ0) is 15.8. The van der Waals surface area contributed by atoms with Crippen LogP contribution in [0.15, 0.2) is 24.3 Å². The summed E-state index contributed by atoms with van der Waals surface area (Å²) in [6, 6.07) is 8.09. The largest absolute Gasteiger partial charge is 0.465 e. The Morgan fingerprint density at radius 3 is 1.90 bits per heavy atom. The van der Waals surface area contributed by atoms with E-state index in [2.05, 4.69) is 0 Å². The molecule has 0 aliphatic rings. The predicted molar refractivity (Wildman–Crippen MR) is 81.0 cm³/mol. The fourth-order valence-corrected chi connectivity index (χ4v) is 2.16. The van der Waals surface area contributed by atoms with Crippen LogP contribution in [-0.2, 0) is 19.1 Å². The predicted octanol–water partition coefficient (Wildman–Crippen LogP) is 3.23. The topological polar surface area (TPSA) is 52.6 Å². The normalized spacial score (nSPS) is 12.0. The molecule has 0 heterocycles. The molecule has 1 rings (SSSR count). The van der Waals surface area contributed by atoms with E-state index in [9.17, 15) is 9.59 Å². The average molecular weight is 292 g/mol. The number of rotatable bonds is 7. The Morgan fingerprint density at radius 1 is 1.00 bits per heavy atom. The summed E-state index contributed by atoms with van der Waals surface area (Å²) in [7, 11) is 0. The molecule has 0 amide bonds. The van der Waals surface area contributed by atoms with Crippen molar-refractivity contribution >= 4 is 11.9 Å². The van der Waals surface area contributed by atoms with Gasteiger partial charge in [-0.05, 0) is 38.7 Å². The number of hydrogen-bond donors (Lipinski definition) is 0. The van der Waals surface area contributed by atoms with Crippen LogP contribution in [0.1, 0.15) is 44.2 Å². The summed E-state index contributed by atoms with van der Waals surface area (Å²) in [5, 5.41) is 0. The van der Waals surface area contributed by atoms with E-state index in [0.717, 1.165) is 5.56 Å². The van der Waals surface area contributed by atoms with Gasteiger partial charge in [0.05, 0.1) is 13.2 Å². The van der Waals surface area contributed by atoms with Crippen LogP contribution in [-0.4, -0.2) is 25.2 Å². The van der Waals surface area contributed by atoms with Crippen molar-refractivity contribution in [1.29, 1.82) is 0 Å². The number of hydrogen-bond acceptors (Lipinski definition) is 4. The first-order valence-electron chi connectivity index (χ1n) is 7.39. The molecule has 1 aromatic rings. The molecule has 0 N–H and O–H groups in total. The Labute approximate surface area is 126 Å². The Morgan fingerprint density at radius 2 is 1.48 bits per heavy atom. The summed E-state index contributed by atoms with van der Waals surface area (Å²) >= 11 is 0. The maximum absolute atomic E-state index is 12.0. The minimum atomic E-state index is -0.860. The standard InChI is InChI=1S/C17H24O4/c1-5-20-16(18)15(17(19)21-6-2)11-13(4)14-9-7-12(3)8-10-14/h7-10,13,15H,5-6,11H2,1-4H3/t13-/m0/s1. The highest BCUT2D eigenvalue weighted by Gasteiger charge is 2.31. The molecule has 0 saturated heterocycles. The molecule has 0 spiro atoms. The van der Waals surface area contributed by atoms with Crippen molar-refractivity contribution in [2.45, 2.75) is 40.0 Å². The van der Waals surface area contributed by atoms with Crippen LogP contribution in [0, 0.1) is 12.8 Å². The van der Waals surface area contributed by atoms with Gasteiger partial charge in [0.15, 0.2) is 5.92 Å². The Kier molecular flexibility index (Phi) is 6.92. The van der Waals surface area contributed by atoms with Crippen molar-refractivity contribution in [3.05, 3.63) is 35.4 Å². The van der Waals surface area contributed by atoms with Crippen LogP contribution < -0.4 is 0 Å². The average Bonchev–Trinajstić information content (AvgIpc) is 2.45. The quantitative estimate of drug-likeness (QED) is 0.572. The highest BCUT2D eigenvalue weighted by atomic mass is 16.6. The van der Waals surface area contributed by atoms with Gasteiger partial charge in [0.25, 0.3) is 0 Å². The van der Waals surface area contributed by atoms with Gasteiger partial charge in [-0.15, -0.1) is 0 Å². The number of carbonyl (C=O) groups is 2. The minimum absolute atomic E-state index is 0.0735. The van der Waals surface area contributed by atoms with Gasteiger partial charge in [-0.3, -0.25) is 9.59 Å². The molecule has 0 unspecified atom stereocenters. The third kappa shape index (κ3) is 5.21. The lowest BCUT2D eigenvalue weighted by Gasteiger charge is -2.19. The molecule has 0 bridgehead atoms. The van der Waals surface area contributed by atoms with Crippen LogP contribution >= 0.6 is 0 Å². The summed E-state index contributed by atoms with van der Waals surface area (Å²) in [6.07, 6.45) is 0.390. The molecule has 4 heteroatoms. The van der Waals surface area contributed by atoms with Gasteiger partial charge in [0.1, 0.15) is 0 Å². The van der Waals surface area contributed by atoms with E-state index in [1.807, 2.05) is 38.1 Å². The van der Waals surface area contributed by atoms with Crippen LogP contribution in [0.5, 0.6) is 0 Å². The molecule has 0 aliphatic heterocycles. The van der Waals surface area contributed by atoms with Crippen LogP contribution in [0.4, 0.5) is 0 Å². The number of ether oxygens (including phenoxy) is 2. The zero-order valence-electron chi connectivity index (χ0n) is 13.2. The number of carbonyl (C=O) groups excluding carboxylic acids is 2. The SMILES string of the molecule is CCOC(=O)C(C[C@H](C)c1ccc(C)cc1)C(=O)OCC. The molecular formula is C17H24O4. The monoisotopic (exact) mass is 292 g/mol. The first-order valence-corrected chi connectivity index (χ1v) is 7.39. The van der Waals surface area contributed by atoms with Gasteiger partial charge < -0.3 is 9.47 Å². The molecule has 0 saturated carbocycles. The molecule has 1 atom stereocenters. The van der Waals surface area contributed by atoms with Crippen molar-refractivity contribution < 1.29 is 19.1 Å². The number of aryl methyl sites for hydroxylation is 1. The third-order valence-electron chi connectivity index (χ3n) is 3.38. The van der Waals surface area contributed by atoms with E-state index in [4.69, 9.17) is 9.47 Å². The summed E-state index contributed by atoms with van der Waals surface area (Å²) in [6.45, 7) is 7.99. The van der Waals surface area contributed by atoms with Crippen molar-refractivity contribution in [1.82, 2.24) is 0 Å². The van der Waals surface area contributed by atoms with Gasteiger partial charge in [-0.2, -0.15) is 0 Å². The molecule has 0 aliphatic carbocycles. The lowest BCUT2D eigenvalue weighted by atomic mass is 9.90.